The smallest absolute Gasteiger partial charge is 0.425 e. The zero-order valence-corrected chi connectivity index (χ0v) is 19.1. The molecule has 2 aromatic carbocycles. The molecule has 33 heavy (non-hydrogen) atoms. The molecule has 176 valence electrons. The predicted molar refractivity (Wildman–Crippen MR) is 120 cm³/mol. The summed E-state index contributed by atoms with van der Waals surface area (Å²) in [6, 6.07) is 12.0. The van der Waals surface area contributed by atoms with Gasteiger partial charge < -0.3 is 15.4 Å². The number of sulfone groups is 1. The van der Waals surface area contributed by atoms with Crippen LogP contribution in [-0.2, 0) is 9.84 Å². The van der Waals surface area contributed by atoms with Gasteiger partial charge in [-0.1, -0.05) is 18.5 Å². The molecule has 0 bridgehead atoms. The van der Waals surface area contributed by atoms with Crippen LogP contribution in [0, 0.1) is 0 Å². The molecule has 1 heterocycles. The van der Waals surface area contributed by atoms with E-state index in [2.05, 4.69) is 20.6 Å². The zero-order valence-electron chi connectivity index (χ0n) is 17.5. The van der Waals surface area contributed by atoms with Gasteiger partial charge in [0, 0.05) is 16.8 Å². The van der Waals surface area contributed by atoms with Crippen LogP contribution in [0.2, 0.25) is 5.02 Å². The van der Waals surface area contributed by atoms with Crippen molar-refractivity contribution in [2.24, 2.45) is 0 Å². The highest BCUT2D eigenvalue weighted by molar-refractivity contribution is 7.91. The van der Waals surface area contributed by atoms with Crippen LogP contribution in [0.1, 0.15) is 13.8 Å². The quantitative estimate of drug-likeness (QED) is 0.407. The van der Waals surface area contributed by atoms with Crippen molar-refractivity contribution in [2.45, 2.75) is 31.0 Å². The second kappa shape index (κ2) is 9.84. The topological polar surface area (TPSA) is 93.2 Å². The fourth-order valence-corrected chi connectivity index (χ4v) is 3.67. The second-order valence-corrected chi connectivity index (χ2v) is 9.62. The molecule has 0 aliphatic carbocycles. The minimum atomic E-state index is -4.60. The summed E-state index contributed by atoms with van der Waals surface area (Å²) in [6.07, 6.45) is -5.47. The molecule has 0 aliphatic heterocycles. The van der Waals surface area contributed by atoms with E-state index in [9.17, 15) is 21.6 Å². The lowest BCUT2D eigenvalue weighted by Gasteiger charge is -2.20. The number of aromatic nitrogens is 2. The maximum absolute atomic E-state index is 13.0. The first-order valence-electron chi connectivity index (χ1n) is 9.70. The molecule has 1 atom stereocenters. The van der Waals surface area contributed by atoms with Crippen molar-refractivity contribution in [3.05, 3.63) is 59.9 Å². The Morgan fingerprint density at radius 3 is 2.27 bits per heavy atom. The summed E-state index contributed by atoms with van der Waals surface area (Å²) in [5.41, 5.74) is 0.708. The van der Waals surface area contributed by atoms with Gasteiger partial charge in [0.1, 0.15) is 23.7 Å². The molecular formula is C21H20ClF3N4O3S. The molecular weight excluding hydrogens is 481 g/mol. The van der Waals surface area contributed by atoms with Crippen LogP contribution in [0.3, 0.4) is 0 Å². The van der Waals surface area contributed by atoms with E-state index < -0.39 is 22.1 Å². The first-order chi connectivity index (χ1) is 15.5. The molecule has 2 N–H and O–H groups in total. The van der Waals surface area contributed by atoms with E-state index >= 15 is 0 Å². The van der Waals surface area contributed by atoms with Crippen LogP contribution in [0.15, 0.2) is 59.8 Å². The zero-order chi connectivity index (χ0) is 24.2. The first-order valence-corrected chi connectivity index (χ1v) is 11.7. The summed E-state index contributed by atoms with van der Waals surface area (Å²) < 4.78 is 68.7. The maximum Gasteiger partial charge on any atom is 0.425 e. The molecule has 3 aromatic rings. The first kappa shape index (κ1) is 24.6. The molecule has 0 fully saturated rings. The molecule has 0 spiro atoms. The standard InChI is InChI=1S/C21H20ClF3N4O3S/c1-3-33(30,31)16-8-9-18(32-13(2)21(23,24)25)17(10-16)29-20-11-19(26-12-27-20)28-15-6-4-14(22)5-7-15/h4-13H,3H2,1-2H3,(H2,26,27,28,29). The third-order valence-corrected chi connectivity index (χ3v) is 6.49. The van der Waals surface area contributed by atoms with Crippen molar-refractivity contribution < 1.29 is 26.3 Å². The Morgan fingerprint density at radius 2 is 1.67 bits per heavy atom. The van der Waals surface area contributed by atoms with Gasteiger partial charge in [-0.25, -0.2) is 18.4 Å². The summed E-state index contributed by atoms with van der Waals surface area (Å²) in [7, 11) is -3.61. The number of alkyl halides is 3. The van der Waals surface area contributed by atoms with Crippen LogP contribution in [-0.4, -0.2) is 36.4 Å². The Labute approximate surface area is 193 Å². The van der Waals surface area contributed by atoms with E-state index in [1.54, 1.807) is 24.3 Å². The van der Waals surface area contributed by atoms with Gasteiger partial charge in [0.15, 0.2) is 15.9 Å². The van der Waals surface area contributed by atoms with Crippen molar-refractivity contribution in [1.82, 2.24) is 9.97 Å². The SMILES string of the molecule is CCS(=O)(=O)c1ccc(OC(C)C(F)(F)F)c(Nc2cc(Nc3ccc(Cl)cc3)ncn2)c1. The minimum absolute atomic E-state index is 0.0109. The van der Waals surface area contributed by atoms with Gasteiger partial charge in [0.2, 0.25) is 0 Å². The van der Waals surface area contributed by atoms with Crippen LogP contribution < -0.4 is 15.4 Å². The largest absolute Gasteiger partial charge is 0.479 e. The number of nitrogens with zero attached hydrogens (tertiary/aromatic N) is 2. The monoisotopic (exact) mass is 500 g/mol. The lowest BCUT2D eigenvalue weighted by Crippen LogP contribution is -2.31. The molecule has 0 saturated heterocycles. The van der Waals surface area contributed by atoms with Crippen LogP contribution in [0.5, 0.6) is 5.75 Å². The van der Waals surface area contributed by atoms with Gasteiger partial charge in [0.25, 0.3) is 0 Å². The molecule has 0 aliphatic rings. The van der Waals surface area contributed by atoms with Crippen molar-refractivity contribution in [1.29, 1.82) is 0 Å². The number of benzene rings is 2. The lowest BCUT2D eigenvalue weighted by atomic mass is 10.2. The van der Waals surface area contributed by atoms with E-state index in [1.807, 2.05) is 0 Å². The van der Waals surface area contributed by atoms with E-state index in [4.69, 9.17) is 16.3 Å². The van der Waals surface area contributed by atoms with Gasteiger partial charge >= 0.3 is 6.18 Å². The summed E-state index contributed by atoms with van der Waals surface area (Å²) in [5, 5.41) is 6.44. The van der Waals surface area contributed by atoms with Crippen molar-refractivity contribution in [2.75, 3.05) is 16.4 Å². The molecule has 1 unspecified atom stereocenters. The number of halogens is 4. The number of hydrogen-bond donors (Lipinski definition) is 2. The van der Waals surface area contributed by atoms with Gasteiger partial charge in [-0.05, 0) is 49.4 Å². The molecule has 0 saturated carbocycles. The molecule has 0 radical (unpaired) electrons. The number of rotatable bonds is 8. The van der Waals surface area contributed by atoms with Crippen LogP contribution in [0.4, 0.5) is 36.2 Å². The third-order valence-electron chi connectivity index (χ3n) is 4.50. The van der Waals surface area contributed by atoms with Crippen molar-refractivity contribution >= 4 is 44.4 Å². The molecule has 0 amide bonds. The van der Waals surface area contributed by atoms with Crippen molar-refractivity contribution in [3.8, 4) is 5.75 Å². The Bertz CT molecular complexity index is 1220. The van der Waals surface area contributed by atoms with E-state index in [1.165, 1.54) is 37.5 Å². The Balaban J connectivity index is 1.93. The molecule has 12 heteroatoms. The highest BCUT2D eigenvalue weighted by Gasteiger charge is 2.38. The lowest BCUT2D eigenvalue weighted by molar-refractivity contribution is -0.189. The highest BCUT2D eigenvalue weighted by Crippen LogP contribution is 2.34. The average molecular weight is 501 g/mol. The molecule has 7 nitrogen and oxygen atoms in total. The predicted octanol–water partition coefficient (Wildman–Crippen LogP) is 5.74. The number of hydrogen-bond acceptors (Lipinski definition) is 7. The summed E-state index contributed by atoms with van der Waals surface area (Å²) >= 11 is 5.88. The van der Waals surface area contributed by atoms with Gasteiger partial charge in [0.05, 0.1) is 16.3 Å². The molecule has 1 aromatic heterocycles. The number of nitrogens with one attached hydrogen (secondary N) is 2. The van der Waals surface area contributed by atoms with E-state index in [-0.39, 0.29) is 27.9 Å². The van der Waals surface area contributed by atoms with E-state index in [0.29, 0.717) is 16.5 Å². The normalized spacial score (nSPS) is 12.8. The van der Waals surface area contributed by atoms with Gasteiger partial charge in [-0.15, -0.1) is 0 Å². The number of ether oxygens (including phenoxy) is 1. The van der Waals surface area contributed by atoms with Crippen molar-refractivity contribution in [3.63, 3.8) is 0 Å². The molecule has 3 rings (SSSR count). The van der Waals surface area contributed by atoms with Crippen LogP contribution in [0.25, 0.3) is 0 Å². The van der Waals surface area contributed by atoms with Crippen LogP contribution >= 0.6 is 11.6 Å². The summed E-state index contributed by atoms with van der Waals surface area (Å²) in [4.78, 5) is 8.10. The fourth-order valence-electron chi connectivity index (χ4n) is 2.64. The highest BCUT2D eigenvalue weighted by atomic mass is 35.5. The Hall–Kier alpha value is -3.05. The fraction of sp³-hybridized carbons (Fsp3) is 0.238. The number of anilines is 4. The van der Waals surface area contributed by atoms with Gasteiger partial charge in [-0.3, -0.25) is 0 Å². The average Bonchev–Trinajstić information content (AvgIpc) is 2.76. The Kier molecular flexibility index (Phi) is 7.33. The second-order valence-electron chi connectivity index (χ2n) is 6.91. The maximum atomic E-state index is 13.0. The van der Waals surface area contributed by atoms with E-state index in [0.717, 1.165) is 6.92 Å². The third kappa shape index (κ3) is 6.48. The summed E-state index contributed by atoms with van der Waals surface area (Å²) in [6.45, 7) is 2.33. The Morgan fingerprint density at radius 1 is 1.03 bits per heavy atom. The summed E-state index contributed by atoms with van der Waals surface area (Å²) in [5.74, 6) is 0.241. The van der Waals surface area contributed by atoms with Gasteiger partial charge in [-0.2, -0.15) is 13.2 Å². The minimum Gasteiger partial charge on any atom is -0.479 e.